The Hall–Kier alpha value is -4.18. The Labute approximate surface area is 249 Å². The third-order valence-electron chi connectivity index (χ3n) is 6.59. The number of rotatable bonds is 11. The van der Waals surface area contributed by atoms with Crippen molar-refractivity contribution in [1.29, 1.82) is 0 Å². The fourth-order valence-corrected chi connectivity index (χ4v) is 4.45. The van der Waals surface area contributed by atoms with E-state index in [2.05, 4.69) is 15.3 Å². The molecule has 2 amide bonds. The predicted molar refractivity (Wildman–Crippen MR) is 168 cm³/mol. The van der Waals surface area contributed by atoms with Crippen LogP contribution in [0.5, 0.6) is 0 Å². The maximum atomic E-state index is 13.7. The standard InChI is InChI=1S/C32H44N6O4/c1-32(2,3)42-31(40)37(7)17-16-28(25-13-9-8-10-14-25)41-22-24-12-11-15-26(20-24)38-19-18-36(6)29(35-23-34-5)27(21-33-4)30(38)39/h8-15,20-21,23,28H,16-19,22H2,1-7H3,(H,34,35)/b33-21-. The number of carbonyl (C=O) groups is 2. The molecule has 10 nitrogen and oxygen atoms in total. The molecule has 1 N–H and O–H groups in total. The lowest BCUT2D eigenvalue weighted by Crippen LogP contribution is -2.35. The monoisotopic (exact) mass is 576 g/mol. The van der Waals surface area contributed by atoms with Crippen molar-refractivity contribution in [3.63, 3.8) is 0 Å². The lowest BCUT2D eigenvalue weighted by atomic mass is 10.1. The number of benzene rings is 2. The fraction of sp³-hybridized carbons (Fsp3) is 0.438. The van der Waals surface area contributed by atoms with Crippen LogP contribution < -0.4 is 10.2 Å². The van der Waals surface area contributed by atoms with Gasteiger partial charge in [0.2, 0.25) is 0 Å². The first-order chi connectivity index (χ1) is 20.0. The molecule has 0 aliphatic carbocycles. The molecule has 226 valence electrons. The molecule has 0 saturated heterocycles. The molecule has 0 fully saturated rings. The molecular formula is C32H44N6O4. The van der Waals surface area contributed by atoms with Crippen LogP contribution in [0, 0.1) is 0 Å². The second-order valence-electron chi connectivity index (χ2n) is 11.1. The van der Waals surface area contributed by atoms with Gasteiger partial charge in [0.05, 0.1) is 19.0 Å². The van der Waals surface area contributed by atoms with Gasteiger partial charge in [-0.05, 0) is 50.5 Å². The highest BCUT2D eigenvalue weighted by atomic mass is 16.6. The van der Waals surface area contributed by atoms with Gasteiger partial charge in [0.1, 0.15) is 17.0 Å². The maximum Gasteiger partial charge on any atom is 0.410 e. The summed E-state index contributed by atoms with van der Waals surface area (Å²) in [6.07, 6.45) is 3.11. The first-order valence-corrected chi connectivity index (χ1v) is 14.1. The summed E-state index contributed by atoms with van der Waals surface area (Å²) in [6.45, 7) is 7.45. The summed E-state index contributed by atoms with van der Waals surface area (Å²) in [4.78, 5) is 40.0. The number of nitrogens with zero attached hydrogens (tertiary/aromatic N) is 5. The molecule has 0 bridgehead atoms. The topological polar surface area (TPSA) is 99.1 Å². The van der Waals surface area contributed by atoms with E-state index in [1.54, 1.807) is 43.5 Å². The van der Waals surface area contributed by atoms with Crippen molar-refractivity contribution in [1.82, 2.24) is 15.1 Å². The number of hydrogen-bond donors (Lipinski definition) is 1. The average Bonchev–Trinajstić information content (AvgIpc) is 3.07. The highest BCUT2D eigenvalue weighted by Crippen LogP contribution is 2.27. The zero-order valence-corrected chi connectivity index (χ0v) is 25.8. The second kappa shape index (κ2) is 15.2. The minimum Gasteiger partial charge on any atom is -0.444 e. The molecule has 1 heterocycles. The quantitative estimate of drug-likeness (QED) is 0.309. The SMILES string of the molecule is C/N=C\C1=C(/N=C/NC)N(C)CCN(c2cccc(COC(CCN(C)C(=O)OC(C)(C)C)c3ccccc3)c2)C1=O. The molecule has 10 heteroatoms. The van der Waals surface area contributed by atoms with Crippen molar-refractivity contribution in [2.45, 2.75) is 45.5 Å². The van der Waals surface area contributed by atoms with Crippen molar-refractivity contribution in [3.8, 4) is 0 Å². The lowest BCUT2D eigenvalue weighted by molar-refractivity contribution is -0.114. The number of hydrogen-bond acceptors (Lipinski definition) is 7. The summed E-state index contributed by atoms with van der Waals surface area (Å²) in [5, 5.41) is 2.89. The van der Waals surface area contributed by atoms with Crippen LogP contribution in [-0.4, -0.2) is 87.8 Å². The van der Waals surface area contributed by atoms with Crippen molar-refractivity contribution in [2.24, 2.45) is 9.98 Å². The van der Waals surface area contributed by atoms with Gasteiger partial charge in [0.25, 0.3) is 5.91 Å². The molecular weight excluding hydrogens is 532 g/mol. The first kappa shape index (κ1) is 32.3. The molecule has 0 radical (unpaired) electrons. The van der Waals surface area contributed by atoms with Crippen LogP contribution in [0.2, 0.25) is 0 Å². The van der Waals surface area contributed by atoms with Crippen LogP contribution in [0.15, 0.2) is 76.0 Å². The van der Waals surface area contributed by atoms with Gasteiger partial charge in [-0.3, -0.25) is 9.79 Å². The normalized spacial score (nSPS) is 15.4. The number of amides is 2. The van der Waals surface area contributed by atoms with E-state index < -0.39 is 5.60 Å². The summed E-state index contributed by atoms with van der Waals surface area (Å²) in [7, 11) is 7.05. The fourth-order valence-electron chi connectivity index (χ4n) is 4.45. The van der Waals surface area contributed by atoms with Gasteiger partial charge in [-0.1, -0.05) is 42.5 Å². The van der Waals surface area contributed by atoms with E-state index in [4.69, 9.17) is 9.47 Å². The van der Waals surface area contributed by atoms with Gasteiger partial charge in [-0.25, -0.2) is 9.79 Å². The van der Waals surface area contributed by atoms with Gasteiger partial charge < -0.3 is 29.5 Å². The van der Waals surface area contributed by atoms with E-state index in [0.717, 1.165) is 16.8 Å². The largest absolute Gasteiger partial charge is 0.444 e. The number of ether oxygens (including phenoxy) is 2. The summed E-state index contributed by atoms with van der Waals surface area (Å²) in [6, 6.07) is 17.8. The predicted octanol–water partition coefficient (Wildman–Crippen LogP) is 4.64. The Balaban J connectivity index is 1.78. The van der Waals surface area contributed by atoms with E-state index in [0.29, 0.717) is 44.1 Å². The molecule has 1 atom stereocenters. The Morgan fingerprint density at radius 3 is 2.55 bits per heavy atom. The Morgan fingerprint density at radius 1 is 1.14 bits per heavy atom. The summed E-state index contributed by atoms with van der Waals surface area (Å²) in [5.74, 6) is 0.391. The summed E-state index contributed by atoms with van der Waals surface area (Å²) in [5.41, 5.74) is 2.60. The lowest BCUT2D eigenvalue weighted by Gasteiger charge is -2.26. The van der Waals surface area contributed by atoms with E-state index in [-0.39, 0.29) is 18.1 Å². The van der Waals surface area contributed by atoms with Crippen LogP contribution in [-0.2, 0) is 20.9 Å². The summed E-state index contributed by atoms with van der Waals surface area (Å²) < 4.78 is 11.9. The number of anilines is 1. The highest BCUT2D eigenvalue weighted by molar-refractivity contribution is 6.19. The zero-order chi connectivity index (χ0) is 30.7. The molecule has 0 saturated carbocycles. The van der Waals surface area contributed by atoms with Crippen LogP contribution in [0.1, 0.15) is 44.4 Å². The van der Waals surface area contributed by atoms with Crippen molar-refractivity contribution in [3.05, 3.63) is 77.1 Å². The minimum absolute atomic E-state index is 0.168. The van der Waals surface area contributed by atoms with Gasteiger partial charge in [-0.15, -0.1) is 0 Å². The smallest absolute Gasteiger partial charge is 0.410 e. The van der Waals surface area contributed by atoms with Gasteiger partial charge >= 0.3 is 6.09 Å². The number of carbonyl (C=O) groups excluding carboxylic acids is 2. The third kappa shape index (κ3) is 9.17. The van der Waals surface area contributed by atoms with Crippen LogP contribution in [0.25, 0.3) is 0 Å². The van der Waals surface area contributed by atoms with Crippen LogP contribution >= 0.6 is 0 Å². The van der Waals surface area contributed by atoms with E-state index in [9.17, 15) is 9.59 Å². The van der Waals surface area contributed by atoms with Crippen molar-refractivity contribution >= 4 is 30.2 Å². The van der Waals surface area contributed by atoms with Gasteiger partial charge in [0.15, 0.2) is 0 Å². The Bertz CT molecular complexity index is 1290. The van der Waals surface area contributed by atoms with E-state index in [1.165, 1.54) is 0 Å². The number of likely N-dealkylation sites (N-methyl/N-ethyl adjacent to an activating group) is 1. The number of aliphatic imine (C=N–C) groups is 2. The molecule has 1 unspecified atom stereocenters. The van der Waals surface area contributed by atoms with Crippen molar-refractivity contribution in [2.75, 3.05) is 52.7 Å². The molecule has 1 aliphatic rings. The van der Waals surface area contributed by atoms with Crippen molar-refractivity contribution < 1.29 is 19.1 Å². The third-order valence-corrected chi connectivity index (χ3v) is 6.59. The van der Waals surface area contributed by atoms with Crippen LogP contribution in [0.3, 0.4) is 0 Å². The Kier molecular flexibility index (Phi) is 11.7. The first-order valence-electron chi connectivity index (χ1n) is 14.1. The maximum absolute atomic E-state index is 13.7. The van der Waals surface area contributed by atoms with E-state index >= 15 is 0 Å². The molecule has 3 rings (SSSR count). The Morgan fingerprint density at radius 2 is 1.88 bits per heavy atom. The zero-order valence-electron chi connectivity index (χ0n) is 25.8. The molecule has 2 aromatic rings. The highest BCUT2D eigenvalue weighted by Gasteiger charge is 2.28. The molecule has 0 aromatic heterocycles. The summed E-state index contributed by atoms with van der Waals surface area (Å²) >= 11 is 0. The average molecular weight is 577 g/mol. The van der Waals surface area contributed by atoms with Gasteiger partial charge in [0, 0.05) is 59.7 Å². The molecule has 42 heavy (non-hydrogen) atoms. The van der Waals surface area contributed by atoms with Crippen LogP contribution in [0.4, 0.5) is 10.5 Å². The molecule has 0 spiro atoms. The second-order valence-corrected chi connectivity index (χ2v) is 11.1. The minimum atomic E-state index is -0.558. The van der Waals surface area contributed by atoms with Gasteiger partial charge in [-0.2, -0.15) is 0 Å². The van der Waals surface area contributed by atoms with E-state index in [1.807, 2.05) is 87.3 Å². The molecule has 1 aliphatic heterocycles. The number of nitrogens with one attached hydrogen (secondary N) is 1. The molecule has 2 aromatic carbocycles.